The van der Waals surface area contributed by atoms with Crippen molar-refractivity contribution in [1.29, 1.82) is 0 Å². The van der Waals surface area contributed by atoms with Crippen LogP contribution in [0.15, 0.2) is 47.4 Å². The van der Waals surface area contributed by atoms with Crippen LogP contribution in [-0.2, 0) is 24.8 Å². The molecule has 0 saturated heterocycles. The highest BCUT2D eigenvalue weighted by molar-refractivity contribution is 7.92. The quantitative estimate of drug-likeness (QED) is 0.444. The average molecular weight is 624 g/mol. The van der Waals surface area contributed by atoms with Crippen molar-refractivity contribution < 1.29 is 61.8 Å². The Labute approximate surface area is 223 Å². The first kappa shape index (κ1) is 31.2. The second-order valence-electron chi connectivity index (χ2n) is 8.73. The van der Waals surface area contributed by atoms with E-state index >= 15 is 0 Å². The topological polar surface area (TPSA) is 131 Å². The molecule has 2 aromatic carbocycles. The number of hydrogen-bond donors (Lipinski definition) is 2. The van der Waals surface area contributed by atoms with Gasteiger partial charge in [-0.15, -0.1) is 0 Å². The van der Waals surface area contributed by atoms with Gasteiger partial charge in [-0.3, -0.25) is 9.62 Å². The minimum absolute atomic E-state index is 0.263. The number of sulfonamides is 2. The van der Waals surface area contributed by atoms with E-state index in [1.54, 1.807) is 0 Å². The molecule has 0 aromatic heterocycles. The lowest BCUT2D eigenvalue weighted by atomic mass is 10.1. The Bertz CT molecular complexity index is 1480. The number of carbonyl (C=O) groups is 1. The van der Waals surface area contributed by atoms with E-state index in [0.29, 0.717) is 18.2 Å². The summed E-state index contributed by atoms with van der Waals surface area (Å²) in [5.41, 5.74) is -9.13. The van der Waals surface area contributed by atoms with E-state index in [9.17, 15) is 52.4 Å². The molecule has 1 aliphatic heterocycles. The van der Waals surface area contributed by atoms with Crippen molar-refractivity contribution >= 4 is 37.5 Å². The molecule has 3 rings (SSSR count). The van der Waals surface area contributed by atoms with Crippen molar-refractivity contribution in [3.05, 3.63) is 48.3 Å². The Morgan fingerprint density at radius 3 is 2.17 bits per heavy atom. The number of anilines is 2. The molecule has 10 nitrogen and oxygen atoms in total. The molecule has 1 amide bonds. The van der Waals surface area contributed by atoms with Gasteiger partial charge in [-0.2, -0.15) is 26.3 Å². The first-order chi connectivity index (χ1) is 18.1. The minimum Gasteiger partial charge on any atom is -0.485 e. The molecule has 0 saturated carbocycles. The predicted octanol–water partition coefficient (Wildman–Crippen LogP) is 4.11. The maximum absolute atomic E-state index is 13.4. The van der Waals surface area contributed by atoms with Crippen LogP contribution in [0.4, 0.5) is 46.9 Å². The number of fused-ring (bicyclic) bond motifs is 1. The van der Waals surface area contributed by atoms with E-state index in [0.717, 1.165) is 42.5 Å². The molecular weight excluding hydrogens is 603 g/mol. The second-order valence-corrected chi connectivity index (χ2v) is 12.4. The zero-order valence-electron chi connectivity index (χ0n) is 20.3. The Hall–Kier alpha value is -3.32. The van der Waals surface area contributed by atoms with E-state index in [1.165, 1.54) is 4.72 Å². The Morgan fingerprint density at radius 1 is 1.02 bits per heavy atom. The fourth-order valence-corrected chi connectivity index (χ4v) is 5.24. The average Bonchev–Trinajstić information content (AvgIpc) is 2.80. The molecule has 2 N–H and O–H groups in total. The van der Waals surface area contributed by atoms with Gasteiger partial charge in [0.25, 0.3) is 10.0 Å². The van der Waals surface area contributed by atoms with E-state index in [4.69, 9.17) is 4.74 Å². The van der Waals surface area contributed by atoms with Crippen molar-refractivity contribution in [2.45, 2.75) is 42.1 Å². The summed E-state index contributed by atoms with van der Waals surface area (Å²) in [7, 11) is -10.4. The fourth-order valence-electron chi connectivity index (χ4n) is 3.17. The molecule has 222 valence electrons. The lowest BCUT2D eigenvalue weighted by molar-refractivity contribution is -0.242. The van der Waals surface area contributed by atoms with Crippen molar-refractivity contribution in [3.8, 4) is 5.75 Å². The summed E-state index contributed by atoms with van der Waals surface area (Å²) in [6.45, 7) is -0.591. The third kappa shape index (κ3) is 6.69. The van der Waals surface area contributed by atoms with Gasteiger partial charge in [0.2, 0.25) is 5.60 Å². The van der Waals surface area contributed by atoms with E-state index in [1.807, 2.05) is 5.32 Å². The predicted molar refractivity (Wildman–Crippen MR) is 125 cm³/mol. The van der Waals surface area contributed by atoms with Crippen molar-refractivity contribution in [1.82, 2.24) is 4.72 Å². The highest BCUT2D eigenvalue weighted by Gasteiger charge is 2.51. The summed E-state index contributed by atoms with van der Waals surface area (Å²) in [6.07, 6.45) is -7.97. The van der Waals surface area contributed by atoms with Crippen LogP contribution in [0.2, 0.25) is 0 Å². The van der Waals surface area contributed by atoms with Gasteiger partial charge in [0.05, 0.1) is 17.1 Å². The van der Waals surface area contributed by atoms with Crippen LogP contribution in [0.25, 0.3) is 0 Å². The highest BCUT2D eigenvalue weighted by atomic mass is 32.2. The van der Waals surface area contributed by atoms with Crippen molar-refractivity contribution in [3.63, 3.8) is 0 Å². The number of nitrogens with zero attached hydrogens (tertiary/aromatic N) is 1. The number of benzene rings is 2. The van der Waals surface area contributed by atoms with Crippen LogP contribution >= 0.6 is 0 Å². The largest absolute Gasteiger partial charge is 0.511 e. The molecule has 1 heterocycles. The molecule has 19 heteroatoms. The van der Waals surface area contributed by atoms with Gasteiger partial charge in [-0.25, -0.2) is 30.7 Å². The number of halogens is 7. The number of rotatable bonds is 7. The lowest BCUT2D eigenvalue weighted by Crippen LogP contribution is -2.50. The Morgan fingerprint density at radius 2 is 1.62 bits per heavy atom. The maximum atomic E-state index is 13.4. The number of amides is 1. The number of nitrogens with one attached hydrogen (secondary N) is 2. The summed E-state index contributed by atoms with van der Waals surface area (Å²) in [6, 6.07) is 6.48. The molecule has 0 radical (unpaired) electrons. The third-order valence-electron chi connectivity index (χ3n) is 5.38. The first-order valence-electron chi connectivity index (χ1n) is 10.9. The van der Waals surface area contributed by atoms with E-state index in [-0.39, 0.29) is 17.1 Å². The number of carbonyl (C=O) groups excluding carboxylic acids is 1. The van der Waals surface area contributed by atoms with Gasteiger partial charge in [0, 0.05) is 12.2 Å². The zero-order valence-corrected chi connectivity index (χ0v) is 21.9. The molecule has 0 bridgehead atoms. The molecule has 0 unspecified atom stereocenters. The minimum atomic E-state index is -5.81. The zero-order chi connectivity index (χ0) is 30.3. The molecule has 0 spiro atoms. The smallest absolute Gasteiger partial charge is 0.485 e. The fraction of sp³-hybridized carbons (Fsp3) is 0.381. The molecule has 2 aromatic rings. The molecule has 0 aliphatic carbocycles. The summed E-state index contributed by atoms with van der Waals surface area (Å²) < 4.78 is 152. The highest BCUT2D eigenvalue weighted by Crippen LogP contribution is 2.39. The van der Waals surface area contributed by atoms with Gasteiger partial charge in [0.15, 0.2) is 0 Å². The van der Waals surface area contributed by atoms with Crippen molar-refractivity contribution in [2.24, 2.45) is 0 Å². The van der Waals surface area contributed by atoms with Crippen molar-refractivity contribution in [2.75, 3.05) is 22.7 Å². The standard InChI is InChI=1S/C21H20F7N3O7S2/c1-19(2,20(23,24)25)38-18(32)30-13-5-8-17-16(9-13)31(39(33,34)15-6-3-12(22)4-7-15)11-14(37-17)10-29-40(35,36)21(26,27)28/h3-9,14,29H,10-11H2,1-2H3,(H,30,32)/t14-/m0/s1. The van der Waals surface area contributed by atoms with Gasteiger partial charge in [0.1, 0.15) is 17.7 Å². The van der Waals surface area contributed by atoms with E-state index in [2.05, 4.69) is 4.74 Å². The first-order valence-corrected chi connectivity index (χ1v) is 13.8. The monoisotopic (exact) mass is 623 g/mol. The van der Waals surface area contributed by atoms with Crippen LogP contribution in [0.5, 0.6) is 5.75 Å². The third-order valence-corrected chi connectivity index (χ3v) is 8.33. The molecule has 0 fully saturated rings. The molecular formula is C21H20F7N3O7S2. The van der Waals surface area contributed by atoms with Crippen LogP contribution in [0.3, 0.4) is 0 Å². The van der Waals surface area contributed by atoms with Crippen LogP contribution in [0.1, 0.15) is 13.8 Å². The Kier molecular flexibility index (Phi) is 8.26. The summed E-state index contributed by atoms with van der Waals surface area (Å²) in [5, 5.41) is 2.01. The molecule has 1 atom stereocenters. The summed E-state index contributed by atoms with van der Waals surface area (Å²) in [5.74, 6) is -1.09. The number of alkyl halides is 6. The van der Waals surface area contributed by atoms with Gasteiger partial charge >= 0.3 is 27.8 Å². The molecule has 40 heavy (non-hydrogen) atoms. The van der Waals surface area contributed by atoms with Gasteiger partial charge in [-0.1, -0.05) is 0 Å². The van der Waals surface area contributed by atoms with Crippen LogP contribution < -0.4 is 19.1 Å². The maximum Gasteiger partial charge on any atom is 0.511 e. The summed E-state index contributed by atoms with van der Waals surface area (Å²) in [4.78, 5) is 11.6. The second kappa shape index (κ2) is 10.6. The number of ether oxygens (including phenoxy) is 2. The summed E-state index contributed by atoms with van der Waals surface area (Å²) >= 11 is 0. The SMILES string of the molecule is CC(C)(OC(=O)Nc1ccc2c(c1)N(S(=O)(=O)c1ccc(F)cc1)C[C@H](CNS(=O)(=O)C(F)(F)F)O2)C(F)(F)F. The Balaban J connectivity index is 1.96. The van der Waals surface area contributed by atoms with Crippen LogP contribution in [0, 0.1) is 5.82 Å². The van der Waals surface area contributed by atoms with Crippen LogP contribution in [-0.4, -0.2) is 59.4 Å². The normalized spacial score (nSPS) is 16.6. The van der Waals surface area contributed by atoms with Gasteiger partial charge < -0.3 is 9.47 Å². The lowest BCUT2D eigenvalue weighted by Gasteiger charge is -2.36. The van der Waals surface area contributed by atoms with E-state index < -0.39 is 73.3 Å². The molecule has 1 aliphatic rings. The van der Waals surface area contributed by atoms with Gasteiger partial charge in [-0.05, 0) is 56.3 Å². The number of hydrogen-bond acceptors (Lipinski definition) is 7.